The molecule has 0 aliphatic carbocycles. The van der Waals surface area contributed by atoms with E-state index in [4.69, 9.17) is 0 Å². The van der Waals surface area contributed by atoms with Gasteiger partial charge in [0, 0.05) is 12.8 Å². The molecule has 0 saturated heterocycles. The number of hydrogen-bond donors (Lipinski definition) is 0. The van der Waals surface area contributed by atoms with Crippen molar-refractivity contribution in [3.8, 4) is 0 Å². The highest BCUT2D eigenvalue weighted by molar-refractivity contribution is 4.75. The van der Waals surface area contributed by atoms with Crippen LogP contribution in [0.5, 0.6) is 0 Å². The molecule has 0 aromatic heterocycles. The van der Waals surface area contributed by atoms with Gasteiger partial charge in [-0.25, -0.2) is 0 Å². The number of rotatable bonds is 16. The zero-order chi connectivity index (χ0) is 51.2. The molecular weight excluding hydrogens is 849 g/mol. The summed E-state index contributed by atoms with van der Waals surface area (Å²) in [6, 6.07) is 0. The third-order valence-electron chi connectivity index (χ3n) is 9.65. The van der Waals surface area contributed by atoms with Gasteiger partial charge >= 0.3 is 30.9 Å². The lowest BCUT2D eigenvalue weighted by Crippen LogP contribution is -2.36. The van der Waals surface area contributed by atoms with Crippen molar-refractivity contribution < 1.29 is 65.9 Å². The molecule has 0 bridgehead atoms. The Morgan fingerprint density at radius 3 is 0.903 bits per heavy atom. The fourth-order valence-electron chi connectivity index (χ4n) is 3.69. The van der Waals surface area contributed by atoms with Gasteiger partial charge in [0.25, 0.3) is 0 Å². The summed E-state index contributed by atoms with van der Waals surface area (Å²) >= 11 is 0. The van der Waals surface area contributed by atoms with Crippen molar-refractivity contribution >= 4 is 0 Å². The van der Waals surface area contributed by atoms with E-state index in [-0.39, 0.29) is 25.2 Å². The average molecular weight is 943 g/mol. The van der Waals surface area contributed by atoms with E-state index in [0.29, 0.717) is 36.5 Å². The van der Waals surface area contributed by atoms with Crippen LogP contribution in [0.25, 0.3) is 0 Å². The van der Waals surface area contributed by atoms with Gasteiger partial charge in [-0.15, -0.1) is 0 Å². The van der Waals surface area contributed by atoms with Crippen molar-refractivity contribution in [2.45, 2.75) is 271 Å². The molecule has 0 saturated carbocycles. The summed E-state index contributed by atoms with van der Waals surface area (Å²) in [7, 11) is 0. The van der Waals surface area contributed by atoms with Crippen LogP contribution in [0, 0.1) is 34.5 Å². The first-order valence-corrected chi connectivity index (χ1v) is 23.0. The van der Waals surface area contributed by atoms with Gasteiger partial charge in [0.05, 0.1) is 5.92 Å². The predicted octanol–water partition coefficient (Wildman–Crippen LogP) is 21.9. The molecule has 0 spiro atoms. The first kappa shape index (κ1) is 75.3. The van der Waals surface area contributed by atoms with Crippen molar-refractivity contribution in [3.63, 3.8) is 0 Å². The molecule has 2 atom stereocenters. The largest absolute Gasteiger partial charge is 0.400 e. The molecule has 0 heterocycles. The highest BCUT2D eigenvalue weighted by Gasteiger charge is 2.55. The Balaban J connectivity index is -0.000000116. The van der Waals surface area contributed by atoms with E-state index in [1.54, 1.807) is 13.8 Å². The summed E-state index contributed by atoms with van der Waals surface area (Å²) in [5.41, 5.74) is 1.08. The van der Waals surface area contributed by atoms with Crippen LogP contribution in [0.15, 0.2) is 0 Å². The smallest absolute Gasteiger partial charge is 0.171 e. The average Bonchev–Trinajstić information content (AvgIpc) is 3.09. The molecule has 0 fully saturated rings. The lowest BCUT2D eigenvalue weighted by Gasteiger charge is -2.22. The highest BCUT2D eigenvalue weighted by Crippen LogP contribution is 2.42. The quantitative estimate of drug-likeness (QED) is 0.107. The topological polar surface area (TPSA) is 0 Å². The van der Waals surface area contributed by atoms with Crippen molar-refractivity contribution in [2.24, 2.45) is 34.5 Å². The molecule has 62 heavy (non-hydrogen) atoms. The van der Waals surface area contributed by atoms with Gasteiger partial charge in [-0.3, -0.25) is 0 Å². The Bertz CT molecular complexity index is 855. The van der Waals surface area contributed by atoms with E-state index in [1.807, 2.05) is 20.8 Å². The van der Waals surface area contributed by atoms with E-state index in [2.05, 4.69) is 76.2 Å². The second kappa shape index (κ2) is 40.2. The molecule has 0 rings (SSSR count). The van der Waals surface area contributed by atoms with Crippen LogP contribution in [-0.4, -0.2) is 30.9 Å². The van der Waals surface area contributed by atoms with Crippen LogP contribution in [0.1, 0.15) is 240 Å². The lowest BCUT2D eigenvalue weighted by molar-refractivity contribution is -0.285. The molecule has 386 valence electrons. The fraction of sp³-hybridized carbons (Fsp3) is 1.00. The van der Waals surface area contributed by atoms with E-state index in [0.717, 1.165) is 38.0 Å². The predicted molar refractivity (Wildman–Crippen MR) is 233 cm³/mol. The minimum absolute atomic E-state index is 0.0658. The Hall–Kier alpha value is -1.05. The molecule has 15 heteroatoms. The van der Waals surface area contributed by atoms with Crippen LogP contribution in [0.2, 0.25) is 0 Å². The summed E-state index contributed by atoms with van der Waals surface area (Å²) in [6.07, 6.45) is -11.7. The molecule has 0 aliphatic rings. The fourth-order valence-corrected chi connectivity index (χ4v) is 3.69. The zero-order valence-corrected chi connectivity index (χ0v) is 41.9. The zero-order valence-electron chi connectivity index (χ0n) is 41.9. The normalized spacial score (nSPS) is 13.3. The van der Waals surface area contributed by atoms with Gasteiger partial charge in [-0.1, -0.05) is 208 Å². The number of hydrogen-bond acceptors (Lipinski definition) is 0. The van der Waals surface area contributed by atoms with E-state index >= 15 is 0 Å². The van der Waals surface area contributed by atoms with Gasteiger partial charge in [-0.2, -0.15) is 65.9 Å². The van der Waals surface area contributed by atoms with Crippen LogP contribution in [0.3, 0.4) is 0 Å². The van der Waals surface area contributed by atoms with Crippen molar-refractivity contribution in [1.29, 1.82) is 0 Å². The van der Waals surface area contributed by atoms with Crippen LogP contribution in [-0.2, 0) is 0 Å². The Kier molecular flexibility index (Phi) is 48.9. The molecule has 0 amide bonds. The third kappa shape index (κ3) is 76.3. The van der Waals surface area contributed by atoms with Crippen LogP contribution < -0.4 is 0 Å². The number of halogens is 15. The molecule has 0 aliphatic heterocycles. The molecule has 0 nitrogen and oxygen atoms in total. The maximum atomic E-state index is 11.8. The number of alkyl halides is 15. The summed E-state index contributed by atoms with van der Waals surface area (Å²) in [4.78, 5) is 0. The minimum Gasteiger partial charge on any atom is -0.171 e. The van der Waals surface area contributed by atoms with E-state index in [9.17, 15) is 65.9 Å². The van der Waals surface area contributed by atoms with Crippen LogP contribution in [0.4, 0.5) is 65.9 Å². The van der Waals surface area contributed by atoms with Gasteiger partial charge in [0.1, 0.15) is 0 Å². The van der Waals surface area contributed by atoms with Gasteiger partial charge < -0.3 is 0 Å². The van der Waals surface area contributed by atoms with Gasteiger partial charge in [0.2, 0.25) is 0 Å². The molecule has 0 aromatic carbocycles. The maximum Gasteiger partial charge on any atom is 0.400 e. The molecule has 0 radical (unpaired) electrons. The van der Waals surface area contributed by atoms with Crippen LogP contribution >= 0.6 is 0 Å². The Labute approximate surface area is 370 Å². The molecule has 0 N–H and O–H groups in total. The second-order valence-electron chi connectivity index (χ2n) is 18.6. The van der Waals surface area contributed by atoms with Crippen molar-refractivity contribution in [2.75, 3.05) is 0 Å². The Morgan fingerprint density at radius 1 is 0.355 bits per heavy atom. The first-order valence-electron chi connectivity index (χ1n) is 23.0. The van der Waals surface area contributed by atoms with Gasteiger partial charge in [0.15, 0.2) is 5.92 Å². The highest BCUT2D eigenvalue weighted by atomic mass is 19.4. The molecular formula is C47H93F15. The molecule has 0 unspecified atom stereocenters. The van der Waals surface area contributed by atoms with E-state index < -0.39 is 62.0 Å². The third-order valence-corrected chi connectivity index (χ3v) is 9.65. The summed E-state index contributed by atoms with van der Waals surface area (Å²) in [6.45, 7) is 34.9. The monoisotopic (exact) mass is 943 g/mol. The standard InChI is InChI=1S/C8H15F3.C7H10F6.2C7H13F3.3C6H14/c1-3-4-5-7(2)6-8(9,10)11;1-2-3-4-5(6(8,9)10)7(11,12)13;1-3-4-5-6(2)7(8,9)10;1-2-3-4-5-6-7(8,9)10;2*1-5-6(2,3)4;1-4-6(3)5-2/h7H,3-6H2,1-2H3;5H,2-4H2,1H3;6H,3-5H2,1-2H3;2-6H2,1H3;2*5H2,1-4H3;6H,4-5H2,1-3H3/t7-;;6-;;;;/m0.0..../s1. The Morgan fingerprint density at radius 2 is 0.677 bits per heavy atom. The van der Waals surface area contributed by atoms with E-state index in [1.165, 1.54) is 32.6 Å². The van der Waals surface area contributed by atoms with Crippen molar-refractivity contribution in [3.05, 3.63) is 0 Å². The SMILES string of the molecule is CCC(C)(C)C.CCC(C)(C)C.CCC(C)CC.CCCCC(C(F)(F)F)C(F)(F)F.CCCCCCC(F)(F)F.CCCC[C@H](C)C(F)(F)F.CCCC[C@H](C)CC(F)(F)F. The molecule has 0 aromatic rings. The maximum absolute atomic E-state index is 11.8. The summed E-state index contributed by atoms with van der Waals surface area (Å²) in [5, 5.41) is 0. The van der Waals surface area contributed by atoms with Gasteiger partial charge in [-0.05, 0) is 41.9 Å². The minimum atomic E-state index is -5.17. The first-order chi connectivity index (χ1) is 27.6. The summed E-state index contributed by atoms with van der Waals surface area (Å²) < 4.78 is 176. The summed E-state index contributed by atoms with van der Waals surface area (Å²) in [5.74, 6) is -3.58. The second-order valence-corrected chi connectivity index (χ2v) is 18.6. The number of unbranched alkanes of at least 4 members (excludes halogenated alkanes) is 6. The lowest BCUT2D eigenvalue weighted by atomic mass is 9.94. The van der Waals surface area contributed by atoms with Crippen molar-refractivity contribution in [1.82, 2.24) is 0 Å².